The zero-order valence-corrected chi connectivity index (χ0v) is 13.0. The number of carbonyl (C=O) groups excluding carboxylic acids is 1. The lowest BCUT2D eigenvalue weighted by Crippen LogP contribution is -2.48. The van der Waals surface area contributed by atoms with Gasteiger partial charge in [-0.3, -0.25) is 4.79 Å². The third-order valence-corrected chi connectivity index (χ3v) is 3.23. The Morgan fingerprint density at radius 1 is 1.35 bits per heavy atom. The molecule has 0 aliphatic carbocycles. The van der Waals surface area contributed by atoms with Crippen LogP contribution in [0, 0.1) is 0 Å². The Morgan fingerprint density at radius 2 is 2.00 bits per heavy atom. The molecule has 0 spiro atoms. The zero-order chi connectivity index (χ0) is 15.3. The van der Waals surface area contributed by atoms with Gasteiger partial charge >= 0.3 is 5.97 Å². The summed E-state index contributed by atoms with van der Waals surface area (Å²) in [4.78, 5) is 11.6. The third-order valence-electron chi connectivity index (χ3n) is 3.23. The number of rotatable bonds is 6. The van der Waals surface area contributed by atoms with E-state index in [1.165, 1.54) is 12.7 Å². The number of benzene rings is 1. The summed E-state index contributed by atoms with van der Waals surface area (Å²) >= 11 is 0. The molecule has 0 bridgehead atoms. The fourth-order valence-electron chi connectivity index (χ4n) is 2.13. The Kier molecular flexibility index (Phi) is 5.57. The van der Waals surface area contributed by atoms with E-state index in [-0.39, 0.29) is 6.10 Å². The Balaban J connectivity index is 2.69. The number of hydrogen-bond acceptors (Lipinski definition) is 4. The highest BCUT2D eigenvalue weighted by molar-refractivity contribution is 5.79. The molecule has 0 radical (unpaired) electrons. The van der Waals surface area contributed by atoms with Crippen LogP contribution < -0.4 is 10.5 Å². The van der Waals surface area contributed by atoms with Gasteiger partial charge in [0.25, 0.3) is 0 Å². The van der Waals surface area contributed by atoms with Gasteiger partial charge in [-0.2, -0.15) is 0 Å². The molecule has 0 aliphatic heterocycles. The second-order valence-electron chi connectivity index (χ2n) is 5.77. The summed E-state index contributed by atoms with van der Waals surface area (Å²) in [6.07, 6.45) is 0.220. The fourth-order valence-corrected chi connectivity index (χ4v) is 2.13. The van der Waals surface area contributed by atoms with E-state index >= 15 is 0 Å². The van der Waals surface area contributed by atoms with Crippen molar-refractivity contribution in [3.05, 3.63) is 29.8 Å². The number of carbonyl (C=O) groups is 1. The molecule has 1 aromatic carbocycles. The molecule has 0 aliphatic rings. The zero-order valence-electron chi connectivity index (χ0n) is 13.0. The van der Waals surface area contributed by atoms with Crippen molar-refractivity contribution in [3.8, 4) is 5.75 Å². The van der Waals surface area contributed by atoms with E-state index in [9.17, 15) is 4.79 Å². The maximum absolute atomic E-state index is 11.6. The fraction of sp³-hybridized carbons (Fsp3) is 0.562. The van der Waals surface area contributed by atoms with Crippen molar-refractivity contribution in [2.45, 2.75) is 51.7 Å². The van der Waals surface area contributed by atoms with Crippen molar-refractivity contribution in [1.29, 1.82) is 0 Å². The minimum absolute atomic E-state index is 0.175. The normalized spacial score (nSPS) is 15.6. The van der Waals surface area contributed by atoms with Crippen LogP contribution >= 0.6 is 0 Å². The van der Waals surface area contributed by atoms with Gasteiger partial charge in [0.1, 0.15) is 11.3 Å². The molecule has 0 amide bonds. The molecular weight excluding hydrogens is 254 g/mol. The average Bonchev–Trinajstić information content (AvgIpc) is 2.37. The van der Waals surface area contributed by atoms with E-state index in [2.05, 4.69) is 19.9 Å². The van der Waals surface area contributed by atoms with Crippen LogP contribution in [0.5, 0.6) is 5.75 Å². The van der Waals surface area contributed by atoms with E-state index in [1.807, 2.05) is 25.1 Å². The van der Waals surface area contributed by atoms with Gasteiger partial charge < -0.3 is 15.2 Å². The van der Waals surface area contributed by atoms with E-state index in [4.69, 9.17) is 15.2 Å². The molecule has 1 aromatic rings. The van der Waals surface area contributed by atoms with Crippen molar-refractivity contribution in [1.82, 2.24) is 0 Å². The minimum atomic E-state index is -1.04. The van der Waals surface area contributed by atoms with Gasteiger partial charge in [0, 0.05) is 6.42 Å². The highest BCUT2D eigenvalue weighted by Crippen LogP contribution is 2.22. The van der Waals surface area contributed by atoms with Gasteiger partial charge in [0.05, 0.1) is 13.2 Å². The Morgan fingerprint density at radius 3 is 2.55 bits per heavy atom. The van der Waals surface area contributed by atoms with Crippen LogP contribution in [0.2, 0.25) is 0 Å². The van der Waals surface area contributed by atoms with Crippen LogP contribution in [0.1, 0.15) is 45.6 Å². The molecule has 0 saturated heterocycles. The van der Waals surface area contributed by atoms with Crippen molar-refractivity contribution < 1.29 is 14.3 Å². The van der Waals surface area contributed by atoms with Gasteiger partial charge in [-0.05, 0) is 37.5 Å². The van der Waals surface area contributed by atoms with Gasteiger partial charge in [-0.25, -0.2) is 0 Å². The van der Waals surface area contributed by atoms with Crippen LogP contribution in [-0.2, 0) is 9.53 Å². The van der Waals surface area contributed by atoms with Crippen molar-refractivity contribution in [2.24, 2.45) is 5.73 Å². The molecule has 0 aromatic heterocycles. The molecule has 2 unspecified atom stereocenters. The van der Waals surface area contributed by atoms with Crippen LogP contribution in [0.15, 0.2) is 24.3 Å². The molecule has 112 valence electrons. The van der Waals surface area contributed by atoms with Crippen LogP contribution in [0.3, 0.4) is 0 Å². The summed E-state index contributed by atoms with van der Waals surface area (Å²) in [5, 5.41) is 0. The predicted molar refractivity (Wildman–Crippen MR) is 79.8 cm³/mol. The summed E-state index contributed by atoms with van der Waals surface area (Å²) in [6.45, 7) is 7.83. The van der Waals surface area contributed by atoms with Gasteiger partial charge in [-0.15, -0.1) is 0 Å². The monoisotopic (exact) mass is 279 g/mol. The average molecular weight is 279 g/mol. The lowest BCUT2D eigenvalue weighted by Gasteiger charge is -2.25. The highest BCUT2D eigenvalue weighted by atomic mass is 16.5. The van der Waals surface area contributed by atoms with Crippen LogP contribution in [-0.4, -0.2) is 24.7 Å². The molecule has 0 saturated carbocycles. The number of nitrogens with two attached hydrogens (primary N) is 1. The molecule has 20 heavy (non-hydrogen) atoms. The van der Waals surface area contributed by atoms with Crippen LogP contribution in [0.4, 0.5) is 0 Å². The first-order valence-electron chi connectivity index (χ1n) is 6.90. The van der Waals surface area contributed by atoms with Gasteiger partial charge in [0.15, 0.2) is 0 Å². The van der Waals surface area contributed by atoms with Crippen LogP contribution in [0.25, 0.3) is 0 Å². The van der Waals surface area contributed by atoms with Gasteiger partial charge in [-0.1, -0.05) is 26.0 Å². The second-order valence-corrected chi connectivity index (χ2v) is 5.77. The number of ether oxygens (including phenoxy) is 2. The Labute approximate surface area is 121 Å². The Hall–Kier alpha value is -1.55. The largest absolute Gasteiger partial charge is 0.491 e. The summed E-state index contributed by atoms with van der Waals surface area (Å²) in [5.41, 5.74) is 6.13. The summed E-state index contributed by atoms with van der Waals surface area (Å²) in [7, 11) is 1.34. The summed E-state index contributed by atoms with van der Waals surface area (Å²) < 4.78 is 10.5. The lowest BCUT2D eigenvalue weighted by atomic mass is 9.96. The second kappa shape index (κ2) is 6.75. The van der Waals surface area contributed by atoms with E-state index in [0.717, 1.165) is 5.75 Å². The molecule has 0 fully saturated rings. The first-order chi connectivity index (χ1) is 9.26. The first-order valence-corrected chi connectivity index (χ1v) is 6.90. The highest BCUT2D eigenvalue weighted by Gasteiger charge is 2.32. The SMILES string of the molecule is COC(=O)C(C)(N)CC(C)Oc1cccc(C(C)C)c1. The van der Waals surface area contributed by atoms with Gasteiger partial charge in [0.2, 0.25) is 0 Å². The molecule has 2 atom stereocenters. The van der Waals surface area contributed by atoms with E-state index in [0.29, 0.717) is 12.3 Å². The smallest absolute Gasteiger partial charge is 0.325 e. The maximum Gasteiger partial charge on any atom is 0.325 e. The topological polar surface area (TPSA) is 61.5 Å². The van der Waals surface area contributed by atoms with E-state index < -0.39 is 11.5 Å². The maximum atomic E-state index is 11.6. The molecule has 2 N–H and O–H groups in total. The Bertz CT molecular complexity index is 455. The summed E-state index contributed by atoms with van der Waals surface area (Å²) in [5.74, 6) is 0.817. The predicted octanol–water partition coefficient (Wildman–Crippen LogP) is 2.86. The molecule has 0 heterocycles. The molecule has 4 nitrogen and oxygen atoms in total. The minimum Gasteiger partial charge on any atom is -0.491 e. The number of hydrogen-bond donors (Lipinski definition) is 1. The molecule has 4 heteroatoms. The van der Waals surface area contributed by atoms with Crippen molar-refractivity contribution in [2.75, 3.05) is 7.11 Å². The quantitative estimate of drug-likeness (QED) is 0.813. The van der Waals surface area contributed by atoms with Crippen molar-refractivity contribution in [3.63, 3.8) is 0 Å². The van der Waals surface area contributed by atoms with Crippen molar-refractivity contribution >= 4 is 5.97 Å². The lowest BCUT2D eigenvalue weighted by molar-refractivity contribution is -0.147. The number of esters is 1. The molecule has 1 rings (SSSR count). The van der Waals surface area contributed by atoms with E-state index in [1.54, 1.807) is 6.92 Å². The third kappa shape index (κ3) is 4.53. The standard InChI is InChI=1S/C16H25NO3/c1-11(2)13-7-6-8-14(9-13)20-12(3)10-16(4,17)15(18)19-5/h6-9,11-12H,10,17H2,1-5H3. The summed E-state index contributed by atoms with van der Waals surface area (Å²) in [6, 6.07) is 7.98. The molecular formula is C16H25NO3. The first kappa shape index (κ1) is 16.5. The number of methoxy groups -OCH3 is 1.